The van der Waals surface area contributed by atoms with Crippen LogP contribution >= 0.6 is 0 Å². The van der Waals surface area contributed by atoms with Gasteiger partial charge in [-0.05, 0) is 36.5 Å². The fourth-order valence-corrected chi connectivity index (χ4v) is 4.36. The van der Waals surface area contributed by atoms with Crippen LogP contribution in [0.1, 0.15) is 32.3 Å². The van der Waals surface area contributed by atoms with Gasteiger partial charge in [0.1, 0.15) is 0 Å². The third kappa shape index (κ3) is 4.55. The van der Waals surface area contributed by atoms with Gasteiger partial charge in [0.15, 0.2) is 0 Å². The summed E-state index contributed by atoms with van der Waals surface area (Å²) in [6.07, 6.45) is 1.98. The lowest BCUT2D eigenvalue weighted by Gasteiger charge is -2.30. The van der Waals surface area contributed by atoms with E-state index in [9.17, 15) is 13.2 Å². The van der Waals surface area contributed by atoms with Gasteiger partial charge in [-0.2, -0.15) is 4.31 Å². The van der Waals surface area contributed by atoms with Crippen molar-refractivity contribution >= 4 is 15.9 Å². The maximum atomic E-state index is 12.7. The van der Waals surface area contributed by atoms with Crippen molar-refractivity contribution in [3.63, 3.8) is 0 Å². The molecule has 1 aromatic rings. The lowest BCUT2D eigenvalue weighted by Crippen LogP contribution is -2.39. The van der Waals surface area contributed by atoms with Crippen molar-refractivity contribution in [1.29, 1.82) is 0 Å². The van der Waals surface area contributed by atoms with Crippen LogP contribution in [0.25, 0.3) is 0 Å². The van der Waals surface area contributed by atoms with Crippen LogP contribution < -0.4 is 11.1 Å². The SMILES string of the molecule is CC1CCCN(S(=O)(=O)c2ccc(CNC(=O)C(C)CN)cc2)C1. The lowest BCUT2D eigenvalue weighted by molar-refractivity contribution is -0.124. The maximum Gasteiger partial charge on any atom is 0.243 e. The summed E-state index contributed by atoms with van der Waals surface area (Å²) in [4.78, 5) is 12.0. The minimum absolute atomic E-state index is 0.100. The summed E-state index contributed by atoms with van der Waals surface area (Å²) in [5.74, 6) is 0.0646. The Morgan fingerprint density at radius 2 is 2.04 bits per heavy atom. The van der Waals surface area contributed by atoms with E-state index in [1.807, 2.05) is 0 Å². The van der Waals surface area contributed by atoms with Crippen LogP contribution in [0, 0.1) is 11.8 Å². The van der Waals surface area contributed by atoms with Gasteiger partial charge < -0.3 is 11.1 Å². The molecule has 0 aliphatic carbocycles. The Bertz CT molecular complexity index is 658. The Morgan fingerprint density at radius 1 is 1.38 bits per heavy atom. The Balaban J connectivity index is 2.02. The molecule has 3 N–H and O–H groups in total. The Kier molecular flexibility index (Phi) is 6.37. The zero-order valence-electron chi connectivity index (χ0n) is 14.4. The molecule has 0 bridgehead atoms. The Labute approximate surface area is 144 Å². The van der Waals surface area contributed by atoms with Crippen molar-refractivity contribution in [2.75, 3.05) is 19.6 Å². The van der Waals surface area contributed by atoms with Gasteiger partial charge in [-0.3, -0.25) is 4.79 Å². The second kappa shape index (κ2) is 8.09. The van der Waals surface area contributed by atoms with Crippen LogP contribution in [-0.4, -0.2) is 38.3 Å². The van der Waals surface area contributed by atoms with Crippen LogP contribution in [0.2, 0.25) is 0 Å². The van der Waals surface area contributed by atoms with Crippen molar-refractivity contribution in [2.24, 2.45) is 17.6 Å². The Hall–Kier alpha value is -1.44. The summed E-state index contributed by atoms with van der Waals surface area (Å²) in [7, 11) is -3.43. The number of hydrogen-bond acceptors (Lipinski definition) is 4. The molecule has 1 amide bonds. The third-order valence-corrected chi connectivity index (χ3v) is 6.33. The molecule has 1 heterocycles. The average molecular weight is 353 g/mol. The van der Waals surface area contributed by atoms with Gasteiger partial charge in [0.2, 0.25) is 15.9 Å². The number of nitrogens with one attached hydrogen (secondary N) is 1. The largest absolute Gasteiger partial charge is 0.352 e. The van der Waals surface area contributed by atoms with E-state index in [1.165, 1.54) is 0 Å². The molecule has 1 aliphatic heterocycles. The van der Waals surface area contributed by atoms with Crippen LogP contribution in [-0.2, 0) is 21.4 Å². The van der Waals surface area contributed by atoms with Gasteiger partial charge >= 0.3 is 0 Å². The van der Waals surface area contributed by atoms with Crippen molar-refractivity contribution in [3.8, 4) is 0 Å². The van der Waals surface area contributed by atoms with E-state index < -0.39 is 10.0 Å². The van der Waals surface area contributed by atoms with Crippen molar-refractivity contribution in [3.05, 3.63) is 29.8 Å². The predicted octanol–water partition coefficient (Wildman–Crippen LogP) is 1.32. The van der Waals surface area contributed by atoms with E-state index >= 15 is 0 Å². The maximum absolute atomic E-state index is 12.7. The average Bonchev–Trinajstić information content (AvgIpc) is 2.59. The summed E-state index contributed by atoms with van der Waals surface area (Å²) >= 11 is 0. The smallest absolute Gasteiger partial charge is 0.243 e. The zero-order chi connectivity index (χ0) is 17.7. The van der Waals surface area contributed by atoms with Crippen LogP contribution in [0.15, 0.2) is 29.2 Å². The first kappa shape index (κ1) is 18.9. The molecular weight excluding hydrogens is 326 g/mol. The standard InChI is InChI=1S/C17H27N3O3S/c1-13-4-3-9-20(12-13)24(22,23)16-7-5-15(6-8-16)11-19-17(21)14(2)10-18/h5-8,13-14H,3-4,9-12,18H2,1-2H3,(H,19,21). The number of sulfonamides is 1. The molecule has 2 unspecified atom stereocenters. The molecule has 1 aliphatic rings. The molecular formula is C17H27N3O3S. The minimum atomic E-state index is -3.43. The number of benzene rings is 1. The van der Waals surface area contributed by atoms with Gasteiger partial charge in [-0.1, -0.05) is 26.0 Å². The third-order valence-electron chi connectivity index (χ3n) is 4.45. The molecule has 0 radical (unpaired) electrons. The number of nitrogens with two attached hydrogens (primary N) is 1. The van der Waals surface area contributed by atoms with Gasteiger partial charge in [-0.15, -0.1) is 0 Å². The highest BCUT2D eigenvalue weighted by atomic mass is 32.2. The first-order valence-electron chi connectivity index (χ1n) is 8.41. The van der Waals surface area contributed by atoms with Crippen molar-refractivity contribution in [1.82, 2.24) is 9.62 Å². The topological polar surface area (TPSA) is 92.5 Å². The van der Waals surface area contributed by atoms with E-state index in [0.29, 0.717) is 37.0 Å². The van der Waals surface area contributed by atoms with E-state index in [-0.39, 0.29) is 11.8 Å². The van der Waals surface area contributed by atoms with Gasteiger partial charge in [-0.25, -0.2) is 8.42 Å². The minimum Gasteiger partial charge on any atom is -0.352 e. The summed E-state index contributed by atoms with van der Waals surface area (Å²) in [5.41, 5.74) is 6.32. The van der Waals surface area contributed by atoms with E-state index in [0.717, 1.165) is 18.4 Å². The summed E-state index contributed by atoms with van der Waals surface area (Å²) < 4.78 is 26.9. The monoisotopic (exact) mass is 353 g/mol. The summed E-state index contributed by atoms with van der Waals surface area (Å²) in [5, 5.41) is 2.80. The van der Waals surface area contributed by atoms with Crippen molar-refractivity contribution < 1.29 is 13.2 Å². The van der Waals surface area contributed by atoms with Crippen LogP contribution in [0.4, 0.5) is 0 Å². The number of carbonyl (C=O) groups excluding carboxylic acids is 1. The van der Waals surface area contributed by atoms with E-state index in [4.69, 9.17) is 5.73 Å². The number of carbonyl (C=O) groups is 1. The number of nitrogens with zero attached hydrogens (tertiary/aromatic N) is 1. The molecule has 134 valence electrons. The number of hydrogen-bond donors (Lipinski definition) is 2. The molecule has 0 aromatic heterocycles. The van der Waals surface area contributed by atoms with Gasteiger partial charge in [0.25, 0.3) is 0 Å². The molecule has 0 spiro atoms. The molecule has 0 saturated carbocycles. The Morgan fingerprint density at radius 3 is 2.62 bits per heavy atom. The fraction of sp³-hybridized carbons (Fsp3) is 0.588. The van der Waals surface area contributed by atoms with Crippen LogP contribution in [0.3, 0.4) is 0 Å². The number of piperidine rings is 1. The lowest BCUT2D eigenvalue weighted by atomic mass is 10.0. The molecule has 24 heavy (non-hydrogen) atoms. The van der Waals surface area contributed by atoms with Crippen molar-refractivity contribution in [2.45, 2.75) is 38.1 Å². The van der Waals surface area contributed by atoms with E-state index in [1.54, 1.807) is 35.5 Å². The van der Waals surface area contributed by atoms with Crippen LogP contribution in [0.5, 0.6) is 0 Å². The molecule has 2 rings (SSSR count). The number of amides is 1. The quantitative estimate of drug-likeness (QED) is 0.807. The number of rotatable bonds is 6. The first-order chi connectivity index (χ1) is 11.3. The summed E-state index contributed by atoms with van der Waals surface area (Å²) in [6, 6.07) is 6.71. The molecule has 2 atom stereocenters. The molecule has 7 heteroatoms. The molecule has 1 saturated heterocycles. The highest BCUT2D eigenvalue weighted by Gasteiger charge is 2.28. The highest BCUT2D eigenvalue weighted by molar-refractivity contribution is 7.89. The van der Waals surface area contributed by atoms with E-state index in [2.05, 4.69) is 12.2 Å². The normalized spacial score (nSPS) is 20.5. The molecule has 1 aromatic carbocycles. The van der Waals surface area contributed by atoms with Gasteiger partial charge in [0, 0.05) is 32.1 Å². The second-order valence-electron chi connectivity index (χ2n) is 6.61. The molecule has 6 nitrogen and oxygen atoms in total. The van der Waals surface area contributed by atoms with Gasteiger partial charge in [0.05, 0.1) is 4.90 Å². The first-order valence-corrected chi connectivity index (χ1v) is 9.85. The highest BCUT2D eigenvalue weighted by Crippen LogP contribution is 2.23. The predicted molar refractivity (Wildman–Crippen MR) is 93.7 cm³/mol. The summed E-state index contributed by atoms with van der Waals surface area (Å²) in [6.45, 7) is 5.68. The molecule has 1 fully saturated rings. The zero-order valence-corrected chi connectivity index (χ0v) is 15.2. The second-order valence-corrected chi connectivity index (χ2v) is 8.55. The fourth-order valence-electron chi connectivity index (χ4n) is 2.76.